The largest absolute Gasteiger partial charge is 0.368 e. The van der Waals surface area contributed by atoms with Crippen molar-refractivity contribution in [2.75, 3.05) is 26.7 Å². The average Bonchev–Trinajstić information content (AvgIpc) is 2.32. The first-order chi connectivity index (χ1) is 8.16. The van der Waals surface area contributed by atoms with E-state index in [0.717, 1.165) is 12.1 Å². The van der Waals surface area contributed by atoms with Crippen LogP contribution in [-0.2, 0) is 16.0 Å². The lowest BCUT2D eigenvalue weighted by molar-refractivity contribution is -0.134. The van der Waals surface area contributed by atoms with Gasteiger partial charge in [-0.15, -0.1) is 0 Å². The Morgan fingerprint density at radius 3 is 3.24 bits per heavy atom. The van der Waals surface area contributed by atoms with Crippen LogP contribution in [-0.4, -0.2) is 48.5 Å². The van der Waals surface area contributed by atoms with Crippen LogP contribution >= 0.6 is 11.6 Å². The fourth-order valence-corrected chi connectivity index (χ4v) is 2.01. The van der Waals surface area contributed by atoms with E-state index in [-0.39, 0.29) is 11.9 Å². The van der Waals surface area contributed by atoms with Crippen molar-refractivity contribution in [1.82, 2.24) is 9.88 Å². The molecule has 2 rings (SSSR count). The van der Waals surface area contributed by atoms with Gasteiger partial charge < -0.3 is 9.64 Å². The van der Waals surface area contributed by atoms with Gasteiger partial charge in [0, 0.05) is 31.9 Å². The van der Waals surface area contributed by atoms with Crippen LogP contribution < -0.4 is 0 Å². The Hall–Kier alpha value is -0.970. The lowest BCUT2D eigenvalue weighted by atomic mass is 10.1. The summed E-state index contributed by atoms with van der Waals surface area (Å²) in [5.41, 5.74) is 0.809. The van der Waals surface area contributed by atoms with Crippen LogP contribution in [0.1, 0.15) is 5.56 Å². The molecule has 0 aromatic carbocycles. The summed E-state index contributed by atoms with van der Waals surface area (Å²) in [7, 11) is 1.99. The van der Waals surface area contributed by atoms with Crippen LogP contribution in [0.5, 0.6) is 0 Å². The molecule has 0 saturated carbocycles. The van der Waals surface area contributed by atoms with Crippen molar-refractivity contribution >= 4 is 17.4 Å². The van der Waals surface area contributed by atoms with Crippen molar-refractivity contribution in [3.8, 4) is 0 Å². The highest BCUT2D eigenvalue weighted by Crippen LogP contribution is 2.16. The standard InChI is InChI=1S/C12H15ClN2O2/c1-15-4-5-17-12(8-15)11(16)6-9-2-3-14-7-10(9)13/h2-3,7,12H,4-6,8H2,1H3. The van der Waals surface area contributed by atoms with E-state index in [2.05, 4.69) is 9.88 Å². The Morgan fingerprint density at radius 1 is 1.71 bits per heavy atom. The maximum Gasteiger partial charge on any atom is 0.167 e. The van der Waals surface area contributed by atoms with Crippen molar-refractivity contribution in [2.45, 2.75) is 12.5 Å². The van der Waals surface area contributed by atoms with Crippen LogP contribution in [0.3, 0.4) is 0 Å². The summed E-state index contributed by atoms with van der Waals surface area (Å²) in [6, 6.07) is 1.77. The molecule has 1 aliphatic heterocycles. The number of hydrogen-bond donors (Lipinski definition) is 0. The minimum atomic E-state index is -0.335. The fraction of sp³-hybridized carbons (Fsp3) is 0.500. The molecule has 5 heteroatoms. The highest BCUT2D eigenvalue weighted by Gasteiger charge is 2.25. The first kappa shape index (κ1) is 12.5. The van der Waals surface area contributed by atoms with Crippen molar-refractivity contribution in [1.29, 1.82) is 0 Å². The topological polar surface area (TPSA) is 42.4 Å². The monoisotopic (exact) mass is 254 g/mol. The molecule has 1 aliphatic rings. The first-order valence-electron chi connectivity index (χ1n) is 5.58. The van der Waals surface area contributed by atoms with Gasteiger partial charge in [0.15, 0.2) is 5.78 Å². The number of Topliss-reactive ketones (excluding diaryl/α,β-unsaturated/α-hetero) is 1. The number of halogens is 1. The Kier molecular flexibility index (Phi) is 4.10. The van der Waals surface area contributed by atoms with E-state index in [1.165, 1.54) is 0 Å². The summed E-state index contributed by atoms with van der Waals surface area (Å²) in [6.07, 6.45) is 3.17. The summed E-state index contributed by atoms with van der Waals surface area (Å²) in [5.74, 6) is 0.0738. The number of hydrogen-bond acceptors (Lipinski definition) is 4. The zero-order chi connectivity index (χ0) is 12.3. The maximum atomic E-state index is 12.0. The van der Waals surface area contributed by atoms with Gasteiger partial charge in [-0.1, -0.05) is 11.6 Å². The molecular formula is C12H15ClN2O2. The second-order valence-corrected chi connectivity index (χ2v) is 4.64. The van der Waals surface area contributed by atoms with E-state index < -0.39 is 0 Å². The third-order valence-corrected chi connectivity index (χ3v) is 3.19. The summed E-state index contributed by atoms with van der Waals surface area (Å²) < 4.78 is 5.47. The Bertz CT molecular complexity index is 411. The summed E-state index contributed by atoms with van der Waals surface area (Å²) in [6.45, 7) is 2.14. The highest BCUT2D eigenvalue weighted by atomic mass is 35.5. The number of carbonyl (C=O) groups excluding carboxylic acids is 1. The number of nitrogens with zero attached hydrogens (tertiary/aromatic N) is 2. The second kappa shape index (κ2) is 5.58. The number of ketones is 1. The summed E-state index contributed by atoms with van der Waals surface area (Å²) in [4.78, 5) is 18.0. The van der Waals surface area contributed by atoms with Gasteiger partial charge in [0.05, 0.1) is 11.6 Å². The molecule has 2 heterocycles. The maximum absolute atomic E-state index is 12.0. The lowest BCUT2D eigenvalue weighted by Crippen LogP contribution is -2.44. The van der Waals surface area contributed by atoms with Gasteiger partial charge in [-0.2, -0.15) is 0 Å². The third-order valence-electron chi connectivity index (χ3n) is 2.85. The first-order valence-corrected chi connectivity index (χ1v) is 5.96. The van der Waals surface area contributed by atoms with Crippen molar-refractivity contribution in [3.05, 3.63) is 29.0 Å². The molecule has 4 nitrogen and oxygen atoms in total. The molecule has 1 aromatic rings. The van der Waals surface area contributed by atoms with Crippen molar-refractivity contribution in [2.24, 2.45) is 0 Å². The minimum absolute atomic E-state index is 0.0738. The van der Waals surface area contributed by atoms with E-state index in [9.17, 15) is 4.79 Å². The number of morpholine rings is 1. The Morgan fingerprint density at radius 2 is 2.53 bits per heavy atom. The van der Waals surface area contributed by atoms with Gasteiger partial charge in [-0.05, 0) is 18.7 Å². The number of carbonyl (C=O) groups is 1. The zero-order valence-corrected chi connectivity index (χ0v) is 10.5. The number of rotatable bonds is 3. The smallest absolute Gasteiger partial charge is 0.167 e. The van der Waals surface area contributed by atoms with Crippen LogP contribution in [0.4, 0.5) is 0 Å². The molecule has 1 fully saturated rings. The number of ether oxygens (including phenoxy) is 1. The summed E-state index contributed by atoms with van der Waals surface area (Å²) in [5, 5.41) is 0.532. The van der Waals surface area contributed by atoms with E-state index in [1.807, 2.05) is 7.05 Å². The fourth-order valence-electron chi connectivity index (χ4n) is 1.82. The average molecular weight is 255 g/mol. The molecule has 0 aliphatic carbocycles. The normalized spacial score (nSPS) is 21.4. The number of pyridine rings is 1. The van der Waals surface area contributed by atoms with Crippen LogP contribution in [0.2, 0.25) is 5.02 Å². The zero-order valence-electron chi connectivity index (χ0n) is 9.73. The molecule has 1 saturated heterocycles. The lowest BCUT2D eigenvalue weighted by Gasteiger charge is -2.29. The molecule has 1 aromatic heterocycles. The van der Waals surface area contributed by atoms with Crippen LogP contribution in [0.25, 0.3) is 0 Å². The molecule has 0 amide bonds. The molecule has 1 atom stereocenters. The van der Waals surface area contributed by atoms with Crippen LogP contribution in [0.15, 0.2) is 18.5 Å². The van der Waals surface area contributed by atoms with Gasteiger partial charge in [0.1, 0.15) is 6.10 Å². The molecule has 0 spiro atoms. The van der Waals surface area contributed by atoms with Crippen LogP contribution in [0, 0.1) is 0 Å². The van der Waals surface area contributed by atoms with Crippen molar-refractivity contribution in [3.63, 3.8) is 0 Å². The predicted octanol–water partition coefficient (Wildman–Crippen LogP) is 1.18. The Balaban J connectivity index is 1.99. The molecule has 92 valence electrons. The molecular weight excluding hydrogens is 240 g/mol. The van der Waals surface area contributed by atoms with E-state index in [0.29, 0.717) is 24.6 Å². The number of likely N-dealkylation sites (N-methyl/N-ethyl adjacent to an activating group) is 1. The predicted molar refractivity (Wildman–Crippen MR) is 65.2 cm³/mol. The number of aromatic nitrogens is 1. The van der Waals surface area contributed by atoms with E-state index in [1.54, 1.807) is 18.5 Å². The van der Waals surface area contributed by atoms with E-state index in [4.69, 9.17) is 16.3 Å². The molecule has 0 N–H and O–H groups in total. The third kappa shape index (κ3) is 3.25. The molecule has 0 bridgehead atoms. The minimum Gasteiger partial charge on any atom is -0.368 e. The van der Waals surface area contributed by atoms with Gasteiger partial charge in [0.25, 0.3) is 0 Å². The molecule has 0 radical (unpaired) electrons. The second-order valence-electron chi connectivity index (χ2n) is 4.23. The van der Waals surface area contributed by atoms with Gasteiger partial charge in [-0.3, -0.25) is 9.78 Å². The van der Waals surface area contributed by atoms with Crippen molar-refractivity contribution < 1.29 is 9.53 Å². The van der Waals surface area contributed by atoms with E-state index >= 15 is 0 Å². The Labute approximate surface area is 106 Å². The SMILES string of the molecule is CN1CCOC(C(=O)Cc2ccncc2Cl)C1. The van der Waals surface area contributed by atoms with Gasteiger partial charge in [-0.25, -0.2) is 0 Å². The highest BCUT2D eigenvalue weighted by molar-refractivity contribution is 6.31. The molecule has 1 unspecified atom stereocenters. The van der Waals surface area contributed by atoms with Gasteiger partial charge >= 0.3 is 0 Å². The summed E-state index contributed by atoms with van der Waals surface area (Å²) >= 11 is 5.97. The molecule has 17 heavy (non-hydrogen) atoms. The van der Waals surface area contributed by atoms with Gasteiger partial charge in [0.2, 0.25) is 0 Å². The quantitative estimate of drug-likeness (QED) is 0.812.